The van der Waals surface area contributed by atoms with E-state index in [1.165, 1.54) is 5.56 Å². The second-order valence-corrected chi connectivity index (χ2v) is 6.84. The highest BCUT2D eigenvalue weighted by Crippen LogP contribution is 2.38. The van der Waals surface area contributed by atoms with Crippen LogP contribution >= 0.6 is 0 Å². The molecule has 2 aromatic carbocycles. The molecule has 1 saturated heterocycles. The highest BCUT2D eigenvalue weighted by Gasteiger charge is 2.30. The van der Waals surface area contributed by atoms with Crippen molar-refractivity contribution in [1.29, 1.82) is 0 Å². The van der Waals surface area contributed by atoms with Crippen molar-refractivity contribution in [2.75, 3.05) is 32.6 Å². The first kappa shape index (κ1) is 19.2. The minimum absolute atomic E-state index is 0.00742. The molecule has 1 aliphatic heterocycles. The van der Waals surface area contributed by atoms with E-state index in [2.05, 4.69) is 29.3 Å². The lowest BCUT2D eigenvalue weighted by Gasteiger charge is -2.26. The van der Waals surface area contributed by atoms with Crippen LogP contribution < -0.4 is 14.8 Å². The fraction of sp³-hybridized carbons (Fsp3) is 0.409. The van der Waals surface area contributed by atoms with Crippen LogP contribution in [0.2, 0.25) is 0 Å². The summed E-state index contributed by atoms with van der Waals surface area (Å²) in [4.78, 5) is 14.8. The molecule has 1 unspecified atom stereocenters. The second-order valence-electron chi connectivity index (χ2n) is 6.84. The van der Waals surface area contributed by atoms with Crippen LogP contribution in [0.15, 0.2) is 42.5 Å². The van der Waals surface area contributed by atoms with Crippen molar-refractivity contribution in [3.8, 4) is 11.5 Å². The largest absolute Gasteiger partial charge is 0.497 e. The number of benzene rings is 2. The molecule has 0 aromatic heterocycles. The van der Waals surface area contributed by atoms with Gasteiger partial charge in [0.25, 0.3) is 0 Å². The molecule has 0 radical (unpaired) electrons. The predicted octanol–water partition coefficient (Wildman–Crippen LogP) is 4.04. The van der Waals surface area contributed by atoms with Gasteiger partial charge in [-0.05, 0) is 61.7 Å². The Morgan fingerprint density at radius 1 is 1.15 bits per heavy atom. The summed E-state index contributed by atoms with van der Waals surface area (Å²) >= 11 is 0. The third kappa shape index (κ3) is 4.61. The van der Waals surface area contributed by atoms with Gasteiger partial charge in [-0.3, -0.25) is 9.69 Å². The van der Waals surface area contributed by atoms with Crippen molar-refractivity contribution in [2.24, 2.45) is 0 Å². The van der Waals surface area contributed by atoms with Gasteiger partial charge in [-0.2, -0.15) is 0 Å². The van der Waals surface area contributed by atoms with Gasteiger partial charge in [-0.15, -0.1) is 0 Å². The molecule has 1 aliphatic rings. The summed E-state index contributed by atoms with van der Waals surface area (Å²) in [6.45, 7) is 3.38. The van der Waals surface area contributed by atoms with Crippen molar-refractivity contribution in [1.82, 2.24) is 4.90 Å². The van der Waals surface area contributed by atoms with Gasteiger partial charge in [0.1, 0.15) is 11.5 Å². The number of methoxy groups -OCH3 is 2. The van der Waals surface area contributed by atoms with E-state index in [1.807, 2.05) is 30.3 Å². The Bertz CT molecular complexity index is 774. The first-order chi connectivity index (χ1) is 13.1. The minimum Gasteiger partial charge on any atom is -0.497 e. The fourth-order valence-electron chi connectivity index (χ4n) is 3.68. The average molecular weight is 368 g/mol. The number of nitrogens with zero attached hydrogens (tertiary/aromatic N) is 1. The van der Waals surface area contributed by atoms with Crippen LogP contribution in [0.25, 0.3) is 0 Å². The van der Waals surface area contributed by atoms with Gasteiger partial charge in [0.2, 0.25) is 5.91 Å². The Balaban J connectivity index is 1.70. The Labute approximate surface area is 161 Å². The molecule has 3 rings (SSSR count). The van der Waals surface area contributed by atoms with Crippen molar-refractivity contribution in [3.05, 3.63) is 53.6 Å². The lowest BCUT2D eigenvalue weighted by Crippen LogP contribution is -2.33. The molecule has 1 fully saturated rings. The van der Waals surface area contributed by atoms with Gasteiger partial charge < -0.3 is 14.8 Å². The number of carbonyl (C=O) groups excluding carboxylic acids is 1. The molecule has 1 atom stereocenters. The van der Waals surface area contributed by atoms with Crippen LogP contribution in [0.5, 0.6) is 11.5 Å². The monoisotopic (exact) mass is 368 g/mol. The first-order valence-electron chi connectivity index (χ1n) is 9.49. The van der Waals surface area contributed by atoms with E-state index in [4.69, 9.17) is 9.47 Å². The summed E-state index contributed by atoms with van der Waals surface area (Å²) in [6, 6.07) is 14.0. The van der Waals surface area contributed by atoms with Crippen LogP contribution in [0.4, 0.5) is 5.69 Å². The van der Waals surface area contributed by atoms with Crippen LogP contribution in [0.3, 0.4) is 0 Å². The van der Waals surface area contributed by atoms with Crippen LogP contribution in [0, 0.1) is 0 Å². The lowest BCUT2D eigenvalue weighted by atomic mass is 10.0. The van der Waals surface area contributed by atoms with Gasteiger partial charge in [0.05, 0.1) is 20.8 Å². The molecule has 5 heteroatoms. The molecule has 144 valence electrons. The molecular weight excluding hydrogens is 340 g/mol. The topological polar surface area (TPSA) is 50.8 Å². The molecule has 5 nitrogen and oxygen atoms in total. The minimum atomic E-state index is 0.00742. The van der Waals surface area contributed by atoms with Crippen LogP contribution in [0.1, 0.15) is 36.9 Å². The molecule has 0 saturated carbocycles. The Hall–Kier alpha value is -2.53. The molecule has 0 aliphatic carbocycles. The Morgan fingerprint density at radius 3 is 2.59 bits per heavy atom. The summed E-state index contributed by atoms with van der Waals surface area (Å²) < 4.78 is 10.9. The summed E-state index contributed by atoms with van der Waals surface area (Å²) in [5, 5.41) is 3.01. The molecule has 27 heavy (non-hydrogen) atoms. The number of carbonyl (C=O) groups is 1. The zero-order chi connectivity index (χ0) is 19.2. The lowest BCUT2D eigenvalue weighted by molar-refractivity contribution is -0.117. The highest BCUT2D eigenvalue weighted by atomic mass is 16.5. The third-order valence-electron chi connectivity index (χ3n) is 5.15. The summed E-state index contributed by atoms with van der Waals surface area (Å²) in [7, 11) is 3.34. The normalized spacial score (nSPS) is 16.9. The standard InChI is InChI=1S/C22H28N2O3/c1-4-16-7-9-17(10-8-16)23-22(25)15-24-13-5-6-20(24)19-14-18(26-2)11-12-21(19)27-3/h7-12,14,20H,4-6,13,15H2,1-3H3,(H,23,25). The number of likely N-dealkylation sites (tertiary alicyclic amines) is 1. The van der Waals surface area contributed by atoms with E-state index in [0.29, 0.717) is 6.54 Å². The summed E-state index contributed by atoms with van der Waals surface area (Å²) in [6.07, 6.45) is 3.05. The van der Waals surface area contributed by atoms with Crippen LogP contribution in [-0.2, 0) is 11.2 Å². The van der Waals surface area contributed by atoms with Crippen LogP contribution in [-0.4, -0.2) is 38.1 Å². The van der Waals surface area contributed by atoms with Gasteiger partial charge in [-0.25, -0.2) is 0 Å². The Kier molecular flexibility index (Phi) is 6.35. The number of aryl methyl sites for hydroxylation is 1. The van der Waals surface area contributed by atoms with Gasteiger partial charge >= 0.3 is 0 Å². The quantitative estimate of drug-likeness (QED) is 0.801. The number of amides is 1. The highest BCUT2D eigenvalue weighted by molar-refractivity contribution is 5.92. The maximum absolute atomic E-state index is 12.6. The molecule has 0 bridgehead atoms. The van der Waals surface area contributed by atoms with E-state index in [9.17, 15) is 4.79 Å². The number of rotatable bonds is 7. The summed E-state index contributed by atoms with van der Waals surface area (Å²) in [5.41, 5.74) is 3.18. The molecule has 0 spiro atoms. The smallest absolute Gasteiger partial charge is 0.238 e. The number of nitrogens with one attached hydrogen (secondary N) is 1. The molecule has 1 amide bonds. The van der Waals surface area contributed by atoms with Crippen molar-refractivity contribution in [2.45, 2.75) is 32.2 Å². The molecular formula is C22H28N2O3. The fourth-order valence-corrected chi connectivity index (χ4v) is 3.68. The molecule has 1 N–H and O–H groups in total. The zero-order valence-electron chi connectivity index (χ0n) is 16.3. The van der Waals surface area contributed by atoms with E-state index >= 15 is 0 Å². The van der Waals surface area contributed by atoms with Crippen molar-refractivity contribution in [3.63, 3.8) is 0 Å². The zero-order valence-corrected chi connectivity index (χ0v) is 16.3. The van der Waals surface area contributed by atoms with E-state index in [1.54, 1.807) is 14.2 Å². The number of hydrogen-bond donors (Lipinski definition) is 1. The van der Waals surface area contributed by atoms with Gasteiger partial charge in [0, 0.05) is 17.3 Å². The molecule has 2 aromatic rings. The predicted molar refractivity (Wildman–Crippen MR) is 108 cm³/mol. The van der Waals surface area contributed by atoms with Gasteiger partial charge in [0.15, 0.2) is 0 Å². The van der Waals surface area contributed by atoms with Crippen molar-refractivity contribution >= 4 is 11.6 Å². The average Bonchev–Trinajstić information content (AvgIpc) is 3.15. The third-order valence-corrected chi connectivity index (χ3v) is 5.15. The summed E-state index contributed by atoms with van der Waals surface area (Å²) in [5.74, 6) is 1.65. The van der Waals surface area contributed by atoms with Crippen molar-refractivity contribution < 1.29 is 14.3 Å². The van der Waals surface area contributed by atoms with E-state index in [-0.39, 0.29) is 11.9 Å². The Morgan fingerprint density at radius 2 is 1.93 bits per heavy atom. The van der Waals surface area contributed by atoms with Gasteiger partial charge in [-0.1, -0.05) is 19.1 Å². The number of ether oxygens (including phenoxy) is 2. The second kappa shape index (κ2) is 8.91. The number of hydrogen-bond acceptors (Lipinski definition) is 4. The first-order valence-corrected chi connectivity index (χ1v) is 9.49. The maximum atomic E-state index is 12.6. The number of anilines is 1. The van der Waals surface area contributed by atoms with E-state index in [0.717, 1.165) is 48.6 Å². The van der Waals surface area contributed by atoms with E-state index < -0.39 is 0 Å². The molecule has 1 heterocycles. The SMILES string of the molecule is CCc1ccc(NC(=O)CN2CCCC2c2cc(OC)ccc2OC)cc1. The maximum Gasteiger partial charge on any atom is 0.238 e.